The molecule has 1 aliphatic heterocycles. The van der Waals surface area contributed by atoms with Crippen molar-refractivity contribution in [2.75, 3.05) is 32.1 Å². The molecule has 0 aliphatic carbocycles. The maximum atomic E-state index is 9.55. The van der Waals surface area contributed by atoms with Crippen LogP contribution in [0.3, 0.4) is 0 Å². The quantitative estimate of drug-likeness (QED) is 0.433. The summed E-state index contributed by atoms with van der Waals surface area (Å²) in [7, 11) is 4.20. The molecule has 0 saturated carbocycles. The monoisotopic (exact) mass is 506 g/mol. The van der Waals surface area contributed by atoms with E-state index in [4.69, 9.17) is 26.8 Å². The molecule has 8 nitrogen and oxygen atoms in total. The Morgan fingerprint density at radius 2 is 1.72 bits per heavy atom. The molecule has 3 aromatic rings. The Kier molecular flexibility index (Phi) is 9.32. The number of aromatic nitrogens is 1. The minimum Gasteiger partial charge on any atom is -0.478 e. The summed E-state index contributed by atoms with van der Waals surface area (Å²) in [4.78, 5) is 33.3. The molecule has 2 heterocycles. The maximum Gasteiger partial charge on any atom is 0.328 e. The average molecular weight is 507 g/mol. The van der Waals surface area contributed by atoms with Crippen molar-refractivity contribution < 1.29 is 19.8 Å². The number of aliphatic imine (C=N–C) groups is 1. The number of anilines is 2. The fourth-order valence-electron chi connectivity index (χ4n) is 3.66. The lowest BCUT2D eigenvalue weighted by molar-refractivity contribution is -0.134. The van der Waals surface area contributed by atoms with Crippen LogP contribution in [-0.2, 0) is 9.59 Å². The molecule has 0 saturated heterocycles. The number of nitrogens with zero attached hydrogens (tertiary/aromatic N) is 4. The van der Waals surface area contributed by atoms with Crippen LogP contribution in [0, 0.1) is 0 Å². The van der Waals surface area contributed by atoms with Gasteiger partial charge in [0.25, 0.3) is 0 Å². The SMILES string of the molecule is CN(C)CCCN1c2ccccc2C(c2cccc(Cl)c2)=Nc2cccnc21.O=C(O)/C=C/C(=O)O. The van der Waals surface area contributed by atoms with Gasteiger partial charge in [0.1, 0.15) is 5.69 Å². The lowest BCUT2D eigenvalue weighted by atomic mass is 10.00. The molecule has 0 fully saturated rings. The summed E-state index contributed by atoms with van der Waals surface area (Å²) in [6.07, 6.45) is 3.98. The summed E-state index contributed by atoms with van der Waals surface area (Å²) in [5.74, 6) is -1.62. The summed E-state index contributed by atoms with van der Waals surface area (Å²) in [6, 6.07) is 20.2. The van der Waals surface area contributed by atoms with Gasteiger partial charge in [-0.1, -0.05) is 41.9 Å². The molecule has 186 valence electrons. The lowest BCUT2D eigenvalue weighted by Crippen LogP contribution is -2.24. The fraction of sp³-hybridized carbons (Fsp3) is 0.185. The molecule has 0 amide bonds. The van der Waals surface area contributed by atoms with Crippen LogP contribution < -0.4 is 4.90 Å². The summed E-state index contributed by atoms with van der Waals surface area (Å²) in [6.45, 7) is 1.89. The fourth-order valence-corrected chi connectivity index (χ4v) is 3.85. The van der Waals surface area contributed by atoms with Gasteiger partial charge in [0, 0.05) is 41.0 Å². The first-order valence-electron chi connectivity index (χ1n) is 11.2. The van der Waals surface area contributed by atoms with Crippen LogP contribution in [0.2, 0.25) is 5.02 Å². The topological polar surface area (TPSA) is 106 Å². The molecule has 2 aromatic carbocycles. The summed E-state index contributed by atoms with van der Waals surface area (Å²) in [5.41, 5.74) is 5.01. The van der Waals surface area contributed by atoms with Crippen molar-refractivity contribution in [2.24, 2.45) is 4.99 Å². The second kappa shape index (κ2) is 12.6. The van der Waals surface area contributed by atoms with Gasteiger partial charge in [-0.05, 0) is 57.4 Å². The van der Waals surface area contributed by atoms with Gasteiger partial charge in [0.15, 0.2) is 5.82 Å². The summed E-state index contributed by atoms with van der Waals surface area (Å²) < 4.78 is 0. The van der Waals surface area contributed by atoms with E-state index < -0.39 is 11.9 Å². The second-order valence-corrected chi connectivity index (χ2v) is 8.59. The number of carboxylic acids is 2. The van der Waals surface area contributed by atoms with E-state index in [9.17, 15) is 9.59 Å². The Balaban J connectivity index is 0.000000392. The number of hydrogen-bond acceptors (Lipinski definition) is 6. The molecule has 0 spiro atoms. The largest absolute Gasteiger partial charge is 0.478 e. The second-order valence-electron chi connectivity index (χ2n) is 8.15. The van der Waals surface area contributed by atoms with Crippen LogP contribution in [0.15, 0.2) is 84.0 Å². The van der Waals surface area contributed by atoms with E-state index in [1.54, 1.807) is 0 Å². The number of para-hydroxylation sites is 1. The van der Waals surface area contributed by atoms with Gasteiger partial charge in [0.05, 0.1) is 11.4 Å². The molecular weight excluding hydrogens is 480 g/mol. The molecule has 0 bridgehead atoms. The van der Waals surface area contributed by atoms with Crippen LogP contribution in [0.1, 0.15) is 17.5 Å². The highest BCUT2D eigenvalue weighted by Gasteiger charge is 2.24. The molecule has 2 N–H and O–H groups in total. The van der Waals surface area contributed by atoms with Gasteiger partial charge in [-0.2, -0.15) is 0 Å². The first-order chi connectivity index (χ1) is 17.3. The number of halogens is 1. The number of aliphatic carboxylic acids is 2. The normalized spacial score (nSPS) is 12.2. The molecule has 36 heavy (non-hydrogen) atoms. The Morgan fingerprint density at radius 3 is 2.39 bits per heavy atom. The lowest BCUT2D eigenvalue weighted by Gasteiger charge is -2.26. The third-order valence-electron chi connectivity index (χ3n) is 5.16. The number of fused-ring (bicyclic) bond motifs is 2. The molecule has 4 rings (SSSR count). The molecule has 0 radical (unpaired) electrons. The van der Waals surface area contributed by atoms with E-state index >= 15 is 0 Å². The van der Waals surface area contributed by atoms with E-state index in [2.05, 4.69) is 59.2 Å². The third kappa shape index (κ3) is 7.24. The van der Waals surface area contributed by atoms with Crippen molar-refractivity contribution in [1.29, 1.82) is 0 Å². The zero-order valence-corrected chi connectivity index (χ0v) is 20.8. The number of carbonyl (C=O) groups is 2. The van der Waals surface area contributed by atoms with Crippen LogP contribution >= 0.6 is 11.6 Å². The standard InChI is InChI=1S/C23H23ClN4.C4H4O4/c1-27(2)14-7-15-28-21-12-4-3-10-19(21)22(17-8-5-9-18(24)16-17)26-20-11-6-13-25-23(20)28;5-3(6)1-2-4(7)8/h3-6,8-13,16H,7,14-15H2,1-2H3;1-2H,(H,5,6)(H,7,8)/b;2-1+. The van der Waals surface area contributed by atoms with Crippen molar-refractivity contribution in [3.63, 3.8) is 0 Å². The van der Waals surface area contributed by atoms with Crippen molar-refractivity contribution in [1.82, 2.24) is 9.88 Å². The zero-order valence-electron chi connectivity index (χ0n) is 20.0. The van der Waals surface area contributed by atoms with Gasteiger partial charge in [-0.15, -0.1) is 0 Å². The minimum absolute atomic E-state index is 0.558. The predicted molar refractivity (Wildman–Crippen MR) is 142 cm³/mol. The highest BCUT2D eigenvalue weighted by atomic mass is 35.5. The van der Waals surface area contributed by atoms with Crippen LogP contribution in [0.5, 0.6) is 0 Å². The molecule has 1 aliphatic rings. The first-order valence-corrected chi connectivity index (χ1v) is 11.6. The summed E-state index contributed by atoms with van der Waals surface area (Å²) in [5, 5.41) is 16.3. The van der Waals surface area contributed by atoms with Gasteiger partial charge in [-0.3, -0.25) is 0 Å². The molecular formula is C27H27ClN4O4. The van der Waals surface area contributed by atoms with E-state index in [1.807, 2.05) is 36.5 Å². The molecule has 0 unspecified atom stereocenters. The Morgan fingerprint density at radius 1 is 1.00 bits per heavy atom. The van der Waals surface area contributed by atoms with Gasteiger partial charge in [0.2, 0.25) is 0 Å². The number of rotatable bonds is 7. The smallest absolute Gasteiger partial charge is 0.328 e. The highest BCUT2D eigenvalue weighted by molar-refractivity contribution is 6.31. The van der Waals surface area contributed by atoms with Crippen LogP contribution in [-0.4, -0.2) is 64.9 Å². The highest BCUT2D eigenvalue weighted by Crippen LogP contribution is 2.39. The Hall–Kier alpha value is -4.01. The van der Waals surface area contributed by atoms with Crippen molar-refractivity contribution in [3.8, 4) is 0 Å². The first kappa shape index (κ1) is 26.6. The maximum absolute atomic E-state index is 9.55. The van der Waals surface area contributed by atoms with Crippen molar-refractivity contribution >= 4 is 46.4 Å². The van der Waals surface area contributed by atoms with Gasteiger partial charge >= 0.3 is 11.9 Å². The van der Waals surface area contributed by atoms with E-state index in [0.29, 0.717) is 17.2 Å². The number of pyridine rings is 1. The minimum atomic E-state index is -1.26. The third-order valence-corrected chi connectivity index (χ3v) is 5.39. The van der Waals surface area contributed by atoms with Crippen LogP contribution in [0.25, 0.3) is 0 Å². The predicted octanol–water partition coefficient (Wildman–Crippen LogP) is 5.02. The van der Waals surface area contributed by atoms with E-state index in [-0.39, 0.29) is 0 Å². The molecule has 0 atom stereocenters. The van der Waals surface area contributed by atoms with Gasteiger partial charge < -0.3 is 20.0 Å². The zero-order chi connectivity index (χ0) is 26.1. The average Bonchev–Trinajstić information content (AvgIpc) is 2.98. The molecule has 1 aromatic heterocycles. The Bertz CT molecular complexity index is 1270. The number of carboxylic acid groups (broad SMARTS) is 2. The van der Waals surface area contributed by atoms with E-state index in [0.717, 1.165) is 53.5 Å². The summed E-state index contributed by atoms with van der Waals surface area (Å²) >= 11 is 6.28. The van der Waals surface area contributed by atoms with Crippen LogP contribution in [0.4, 0.5) is 17.2 Å². The van der Waals surface area contributed by atoms with E-state index in [1.165, 1.54) is 0 Å². The number of hydrogen-bond donors (Lipinski definition) is 2. The molecule has 9 heteroatoms. The van der Waals surface area contributed by atoms with Gasteiger partial charge in [-0.25, -0.2) is 19.6 Å². The number of benzene rings is 2. The Labute approximate surface area is 214 Å². The van der Waals surface area contributed by atoms with Crippen molar-refractivity contribution in [2.45, 2.75) is 6.42 Å². The van der Waals surface area contributed by atoms with Crippen molar-refractivity contribution in [3.05, 3.63) is 95.2 Å².